The lowest BCUT2D eigenvalue weighted by molar-refractivity contribution is 0.0697. The predicted molar refractivity (Wildman–Crippen MR) is 86.9 cm³/mol. The summed E-state index contributed by atoms with van der Waals surface area (Å²) >= 11 is 3.46. The van der Waals surface area contributed by atoms with Gasteiger partial charge in [-0.15, -0.1) is 0 Å². The monoisotopic (exact) mass is 343 g/mol. The first-order chi connectivity index (χ1) is 10.0. The molecule has 0 atom stereocenters. The van der Waals surface area contributed by atoms with Crippen LogP contribution in [-0.2, 0) is 6.54 Å². The zero-order valence-corrected chi connectivity index (χ0v) is 13.1. The third kappa shape index (κ3) is 2.72. The second kappa shape index (κ2) is 5.37. The molecule has 0 aliphatic rings. The summed E-state index contributed by atoms with van der Waals surface area (Å²) in [5, 5.41) is 10.2. The van der Waals surface area contributed by atoms with E-state index in [1.165, 1.54) is 16.5 Å². The number of benzene rings is 2. The number of rotatable bonds is 3. The molecule has 0 spiro atoms. The molecule has 21 heavy (non-hydrogen) atoms. The minimum Gasteiger partial charge on any atom is -0.478 e. The summed E-state index contributed by atoms with van der Waals surface area (Å²) in [7, 11) is 0. The predicted octanol–water partition coefficient (Wildman–Crippen LogP) is 4.46. The van der Waals surface area contributed by atoms with Gasteiger partial charge in [-0.3, -0.25) is 0 Å². The fraction of sp³-hybridized carbons (Fsp3) is 0.118. The zero-order chi connectivity index (χ0) is 15.0. The molecule has 0 bridgehead atoms. The van der Waals surface area contributed by atoms with Gasteiger partial charge in [-0.2, -0.15) is 0 Å². The topological polar surface area (TPSA) is 42.2 Å². The molecule has 0 fully saturated rings. The summed E-state index contributed by atoms with van der Waals surface area (Å²) < 4.78 is 2.99. The second-order valence-electron chi connectivity index (χ2n) is 5.12. The number of carboxylic acids is 1. The number of aromatic carboxylic acids is 1. The number of carboxylic acid groups (broad SMARTS) is 1. The first-order valence-corrected chi connectivity index (χ1v) is 7.41. The van der Waals surface area contributed by atoms with Crippen LogP contribution in [0.4, 0.5) is 0 Å². The molecule has 0 radical (unpaired) electrons. The number of fused-ring (bicyclic) bond motifs is 1. The van der Waals surface area contributed by atoms with Crippen LogP contribution in [0.2, 0.25) is 0 Å². The molecule has 0 saturated carbocycles. The Kier molecular flexibility index (Phi) is 3.55. The third-order valence-corrected chi connectivity index (χ3v) is 4.31. The van der Waals surface area contributed by atoms with Gasteiger partial charge in [0.25, 0.3) is 0 Å². The molecule has 3 nitrogen and oxygen atoms in total. The van der Waals surface area contributed by atoms with E-state index in [-0.39, 0.29) is 0 Å². The number of nitrogens with zero attached hydrogens (tertiary/aromatic N) is 1. The van der Waals surface area contributed by atoms with Gasteiger partial charge < -0.3 is 9.67 Å². The highest BCUT2D eigenvalue weighted by atomic mass is 79.9. The van der Waals surface area contributed by atoms with Crippen LogP contribution >= 0.6 is 15.9 Å². The van der Waals surface area contributed by atoms with E-state index in [4.69, 9.17) is 5.11 Å². The standard InChI is InChI=1S/C17H14BrNO2/c1-11-2-3-12-6-7-19(16(12)8-11)10-14-5-4-13(17(20)21)9-15(14)18/h2-9H,10H2,1H3,(H,20,21). The number of halogens is 1. The van der Waals surface area contributed by atoms with Crippen LogP contribution < -0.4 is 0 Å². The summed E-state index contributed by atoms with van der Waals surface area (Å²) in [5.41, 5.74) is 3.75. The van der Waals surface area contributed by atoms with Gasteiger partial charge >= 0.3 is 5.97 Å². The van der Waals surface area contributed by atoms with Crippen LogP contribution in [-0.4, -0.2) is 15.6 Å². The summed E-state index contributed by atoms with van der Waals surface area (Å²) in [5.74, 6) is -0.913. The molecule has 0 amide bonds. The molecule has 106 valence electrons. The maximum atomic E-state index is 11.0. The molecule has 1 N–H and O–H groups in total. The lowest BCUT2D eigenvalue weighted by Gasteiger charge is -2.09. The third-order valence-electron chi connectivity index (χ3n) is 3.57. The molecule has 4 heteroatoms. The van der Waals surface area contributed by atoms with E-state index in [0.29, 0.717) is 12.1 Å². The number of aromatic nitrogens is 1. The maximum absolute atomic E-state index is 11.0. The fourth-order valence-corrected chi connectivity index (χ4v) is 2.93. The van der Waals surface area contributed by atoms with Gasteiger partial charge in [-0.25, -0.2) is 4.79 Å². The number of carbonyl (C=O) groups is 1. The molecular formula is C17H14BrNO2. The van der Waals surface area contributed by atoms with Crippen molar-refractivity contribution in [3.05, 3.63) is 69.8 Å². The van der Waals surface area contributed by atoms with E-state index in [0.717, 1.165) is 10.0 Å². The van der Waals surface area contributed by atoms with Crippen LogP contribution in [0.15, 0.2) is 53.1 Å². The van der Waals surface area contributed by atoms with Crippen molar-refractivity contribution in [3.63, 3.8) is 0 Å². The minimum absolute atomic E-state index is 0.291. The Morgan fingerprint density at radius 3 is 2.71 bits per heavy atom. The van der Waals surface area contributed by atoms with E-state index in [9.17, 15) is 4.79 Å². The average molecular weight is 344 g/mol. The molecule has 3 rings (SSSR count). The highest BCUT2D eigenvalue weighted by molar-refractivity contribution is 9.10. The lowest BCUT2D eigenvalue weighted by atomic mass is 10.1. The van der Waals surface area contributed by atoms with E-state index in [1.54, 1.807) is 12.1 Å². The molecule has 3 aromatic rings. The molecule has 0 aliphatic carbocycles. The van der Waals surface area contributed by atoms with E-state index < -0.39 is 5.97 Å². The second-order valence-corrected chi connectivity index (χ2v) is 5.97. The van der Waals surface area contributed by atoms with Gasteiger partial charge in [0.05, 0.1) is 5.56 Å². The normalized spacial score (nSPS) is 11.0. The summed E-state index contributed by atoms with van der Waals surface area (Å²) in [4.78, 5) is 11.0. The van der Waals surface area contributed by atoms with Gasteiger partial charge in [0.15, 0.2) is 0 Å². The maximum Gasteiger partial charge on any atom is 0.335 e. The van der Waals surface area contributed by atoms with Gasteiger partial charge in [0, 0.05) is 22.7 Å². The summed E-state index contributed by atoms with van der Waals surface area (Å²) in [6.45, 7) is 2.78. The number of hydrogen-bond acceptors (Lipinski definition) is 1. The quantitative estimate of drug-likeness (QED) is 0.762. The highest BCUT2D eigenvalue weighted by Gasteiger charge is 2.08. The Balaban J connectivity index is 1.99. The Morgan fingerprint density at radius 2 is 2.00 bits per heavy atom. The molecule has 1 aromatic heterocycles. The Labute approximate surface area is 131 Å². The average Bonchev–Trinajstić information content (AvgIpc) is 2.83. The van der Waals surface area contributed by atoms with Crippen molar-refractivity contribution in [1.29, 1.82) is 0 Å². The smallest absolute Gasteiger partial charge is 0.335 e. The van der Waals surface area contributed by atoms with E-state index >= 15 is 0 Å². The van der Waals surface area contributed by atoms with E-state index in [1.807, 2.05) is 6.07 Å². The van der Waals surface area contributed by atoms with Gasteiger partial charge in [-0.05, 0) is 47.7 Å². The first-order valence-electron chi connectivity index (χ1n) is 6.62. The van der Waals surface area contributed by atoms with Gasteiger partial charge in [0.1, 0.15) is 0 Å². The van der Waals surface area contributed by atoms with Crippen LogP contribution in [0.3, 0.4) is 0 Å². The molecule has 0 unspecified atom stereocenters. The fourth-order valence-electron chi connectivity index (χ4n) is 2.42. The lowest BCUT2D eigenvalue weighted by Crippen LogP contribution is -2.01. The van der Waals surface area contributed by atoms with Gasteiger partial charge in [-0.1, -0.05) is 34.1 Å². The van der Waals surface area contributed by atoms with Crippen LogP contribution in [0.5, 0.6) is 0 Å². The number of hydrogen-bond donors (Lipinski definition) is 1. The minimum atomic E-state index is -0.913. The highest BCUT2D eigenvalue weighted by Crippen LogP contribution is 2.23. The Hall–Kier alpha value is -2.07. The van der Waals surface area contributed by atoms with Crippen LogP contribution in [0, 0.1) is 6.92 Å². The van der Waals surface area contributed by atoms with Gasteiger partial charge in [0.2, 0.25) is 0 Å². The molecule has 2 aromatic carbocycles. The SMILES string of the molecule is Cc1ccc2ccn(Cc3ccc(C(=O)O)cc3Br)c2c1. The van der Waals surface area contributed by atoms with Crippen LogP contribution in [0.1, 0.15) is 21.5 Å². The summed E-state index contributed by atoms with van der Waals surface area (Å²) in [6, 6.07) is 13.6. The van der Waals surface area contributed by atoms with Crippen molar-refractivity contribution in [2.75, 3.05) is 0 Å². The van der Waals surface area contributed by atoms with Crippen molar-refractivity contribution < 1.29 is 9.90 Å². The molecular weight excluding hydrogens is 330 g/mol. The Morgan fingerprint density at radius 1 is 1.19 bits per heavy atom. The largest absolute Gasteiger partial charge is 0.478 e. The summed E-state index contributed by atoms with van der Waals surface area (Å²) in [6.07, 6.45) is 2.06. The first kappa shape index (κ1) is 13.9. The molecule has 0 saturated heterocycles. The van der Waals surface area contributed by atoms with Crippen molar-refractivity contribution in [2.24, 2.45) is 0 Å². The van der Waals surface area contributed by atoms with Crippen molar-refractivity contribution in [2.45, 2.75) is 13.5 Å². The molecule has 0 aliphatic heterocycles. The Bertz CT molecular complexity index is 836. The van der Waals surface area contributed by atoms with Crippen molar-refractivity contribution in [1.82, 2.24) is 4.57 Å². The zero-order valence-electron chi connectivity index (χ0n) is 11.5. The van der Waals surface area contributed by atoms with Crippen molar-refractivity contribution >= 4 is 32.8 Å². The number of aryl methyl sites for hydroxylation is 1. The molecule has 1 heterocycles. The van der Waals surface area contributed by atoms with Crippen molar-refractivity contribution in [3.8, 4) is 0 Å². The van der Waals surface area contributed by atoms with Crippen LogP contribution in [0.25, 0.3) is 10.9 Å². The van der Waals surface area contributed by atoms with E-state index in [2.05, 4.69) is 57.9 Å².